The summed E-state index contributed by atoms with van der Waals surface area (Å²) in [5.74, 6) is 5.33. The first-order valence-electron chi connectivity index (χ1n) is 13.0. The molecule has 0 aromatic carbocycles. The molecular formula is C29H46O. The number of aliphatic hydroxyl groups is 1. The van der Waals surface area contributed by atoms with Crippen LogP contribution in [0.1, 0.15) is 86.5 Å². The minimum atomic E-state index is -0.232. The van der Waals surface area contributed by atoms with Crippen LogP contribution in [0.2, 0.25) is 0 Å². The molecule has 4 rings (SSSR count). The van der Waals surface area contributed by atoms with E-state index in [0.717, 1.165) is 48.3 Å². The minimum Gasteiger partial charge on any atom is -0.389 e. The third kappa shape index (κ3) is 3.58. The summed E-state index contributed by atoms with van der Waals surface area (Å²) in [6.07, 6.45) is 20.9. The maximum atomic E-state index is 10.2. The van der Waals surface area contributed by atoms with E-state index in [0.29, 0.717) is 11.3 Å². The lowest BCUT2D eigenvalue weighted by atomic mass is 9.48. The maximum Gasteiger partial charge on any atom is 0.0727 e. The lowest BCUT2D eigenvalue weighted by Crippen LogP contribution is -2.49. The predicted octanol–water partition coefficient (Wildman–Crippen LogP) is 7.58. The fraction of sp³-hybridized carbons (Fsp3) is 0.793. The van der Waals surface area contributed by atoms with Crippen molar-refractivity contribution in [3.05, 3.63) is 36.0 Å². The molecule has 168 valence electrons. The van der Waals surface area contributed by atoms with Crippen molar-refractivity contribution in [3.63, 3.8) is 0 Å². The number of hydrogen-bond acceptors (Lipinski definition) is 1. The van der Waals surface area contributed by atoms with E-state index in [-0.39, 0.29) is 11.5 Å². The molecule has 9 atom stereocenters. The van der Waals surface area contributed by atoms with Gasteiger partial charge in [0.25, 0.3) is 0 Å². The van der Waals surface area contributed by atoms with E-state index >= 15 is 0 Å². The van der Waals surface area contributed by atoms with Gasteiger partial charge < -0.3 is 5.11 Å². The highest BCUT2D eigenvalue weighted by Gasteiger charge is 2.58. The van der Waals surface area contributed by atoms with Crippen molar-refractivity contribution in [2.45, 2.75) is 92.6 Å². The summed E-state index contributed by atoms with van der Waals surface area (Å²) in [7, 11) is 0. The SMILES string of the molecule is CC[C@@H](/C=C/[C@@H](C)[C@H]1CC[C@H]2[C@@H]3C=CC4=C[C@H](O)CC[C@]4(C)[C@H]3CC[C@]12C)C(C)C. The molecule has 2 saturated carbocycles. The molecule has 0 aliphatic heterocycles. The highest BCUT2D eigenvalue weighted by Crippen LogP contribution is 2.66. The van der Waals surface area contributed by atoms with Crippen molar-refractivity contribution in [1.82, 2.24) is 0 Å². The second kappa shape index (κ2) is 8.27. The molecule has 1 nitrogen and oxygen atoms in total. The van der Waals surface area contributed by atoms with Gasteiger partial charge in [0.1, 0.15) is 0 Å². The summed E-state index contributed by atoms with van der Waals surface area (Å²) in [4.78, 5) is 0. The zero-order valence-electron chi connectivity index (χ0n) is 20.4. The monoisotopic (exact) mass is 410 g/mol. The molecule has 0 bridgehead atoms. The van der Waals surface area contributed by atoms with E-state index in [4.69, 9.17) is 0 Å². The molecule has 4 aliphatic carbocycles. The molecule has 4 aliphatic rings. The molecule has 0 amide bonds. The van der Waals surface area contributed by atoms with Gasteiger partial charge >= 0.3 is 0 Å². The fourth-order valence-electron chi connectivity index (χ4n) is 8.33. The van der Waals surface area contributed by atoms with Crippen LogP contribution in [-0.4, -0.2) is 11.2 Å². The first-order valence-corrected chi connectivity index (χ1v) is 13.0. The standard InChI is InChI=1S/C29H46O/c1-7-21(19(2)3)9-8-20(4)25-12-13-26-24-11-10-22-18-23(30)14-16-28(22,5)27(24)15-17-29(25,26)6/h8-11,18-21,23-27,30H,7,12-17H2,1-6H3/b9-8+/t20-,21+,23-,24+,25-,26+,27+,28+,29-/m1/s1. The first-order chi connectivity index (χ1) is 14.2. The third-order valence-electron chi connectivity index (χ3n) is 10.3. The largest absolute Gasteiger partial charge is 0.389 e. The summed E-state index contributed by atoms with van der Waals surface area (Å²) >= 11 is 0. The molecule has 30 heavy (non-hydrogen) atoms. The summed E-state index contributed by atoms with van der Waals surface area (Å²) in [6, 6.07) is 0. The molecule has 0 unspecified atom stereocenters. The average molecular weight is 411 g/mol. The van der Waals surface area contributed by atoms with Gasteiger partial charge in [-0.05, 0) is 103 Å². The Morgan fingerprint density at radius 1 is 1.03 bits per heavy atom. The zero-order chi connectivity index (χ0) is 21.7. The summed E-state index contributed by atoms with van der Waals surface area (Å²) in [5, 5.41) is 10.2. The van der Waals surface area contributed by atoms with Crippen LogP contribution in [0, 0.1) is 52.3 Å². The molecule has 0 radical (unpaired) electrons. The van der Waals surface area contributed by atoms with Crippen molar-refractivity contribution >= 4 is 0 Å². The quantitative estimate of drug-likeness (QED) is 0.463. The van der Waals surface area contributed by atoms with Crippen LogP contribution >= 0.6 is 0 Å². The number of hydrogen-bond donors (Lipinski definition) is 1. The van der Waals surface area contributed by atoms with Crippen LogP contribution in [0.25, 0.3) is 0 Å². The predicted molar refractivity (Wildman–Crippen MR) is 128 cm³/mol. The summed E-state index contributed by atoms with van der Waals surface area (Å²) in [5.41, 5.74) is 2.20. The highest BCUT2D eigenvalue weighted by atomic mass is 16.3. The second-order valence-corrected chi connectivity index (χ2v) is 12.1. The van der Waals surface area contributed by atoms with Crippen molar-refractivity contribution in [2.24, 2.45) is 52.3 Å². The Balaban J connectivity index is 1.55. The third-order valence-corrected chi connectivity index (χ3v) is 10.3. The van der Waals surface area contributed by atoms with Crippen LogP contribution < -0.4 is 0 Å². The fourth-order valence-corrected chi connectivity index (χ4v) is 8.33. The van der Waals surface area contributed by atoms with Crippen LogP contribution in [0.3, 0.4) is 0 Å². The number of aliphatic hydroxyl groups excluding tert-OH is 1. The van der Waals surface area contributed by atoms with Gasteiger partial charge in [-0.1, -0.05) is 71.9 Å². The Morgan fingerprint density at radius 3 is 2.50 bits per heavy atom. The molecule has 0 saturated heterocycles. The normalized spacial score (nSPS) is 45.1. The van der Waals surface area contributed by atoms with Crippen LogP contribution in [-0.2, 0) is 0 Å². The van der Waals surface area contributed by atoms with Crippen LogP contribution in [0.15, 0.2) is 36.0 Å². The lowest BCUT2D eigenvalue weighted by molar-refractivity contribution is -0.0254. The Labute approximate surface area is 186 Å². The Kier molecular flexibility index (Phi) is 6.17. The van der Waals surface area contributed by atoms with E-state index in [9.17, 15) is 5.11 Å². The van der Waals surface area contributed by atoms with Crippen LogP contribution in [0.4, 0.5) is 0 Å². The van der Waals surface area contributed by atoms with Crippen molar-refractivity contribution < 1.29 is 5.11 Å². The van der Waals surface area contributed by atoms with Gasteiger partial charge in [-0.3, -0.25) is 0 Å². The van der Waals surface area contributed by atoms with Gasteiger partial charge in [0.15, 0.2) is 0 Å². The highest BCUT2D eigenvalue weighted by molar-refractivity contribution is 5.36. The minimum absolute atomic E-state index is 0.232. The molecule has 0 heterocycles. The van der Waals surface area contributed by atoms with Gasteiger partial charge in [0.2, 0.25) is 0 Å². The average Bonchev–Trinajstić information content (AvgIpc) is 3.06. The van der Waals surface area contributed by atoms with Crippen molar-refractivity contribution in [2.75, 3.05) is 0 Å². The van der Waals surface area contributed by atoms with Gasteiger partial charge in [-0.2, -0.15) is 0 Å². The van der Waals surface area contributed by atoms with E-state index in [2.05, 4.69) is 71.9 Å². The van der Waals surface area contributed by atoms with E-state index in [1.165, 1.54) is 37.7 Å². The van der Waals surface area contributed by atoms with E-state index < -0.39 is 0 Å². The Hall–Kier alpha value is -0.820. The van der Waals surface area contributed by atoms with Gasteiger partial charge in [-0.15, -0.1) is 0 Å². The van der Waals surface area contributed by atoms with Gasteiger partial charge in [0.05, 0.1) is 6.10 Å². The van der Waals surface area contributed by atoms with Crippen molar-refractivity contribution in [1.29, 1.82) is 0 Å². The lowest BCUT2D eigenvalue weighted by Gasteiger charge is -2.56. The van der Waals surface area contributed by atoms with E-state index in [1.54, 1.807) is 0 Å². The number of allylic oxidation sites excluding steroid dienone is 5. The second-order valence-electron chi connectivity index (χ2n) is 12.1. The number of fused-ring (bicyclic) bond motifs is 5. The van der Waals surface area contributed by atoms with E-state index in [1.807, 2.05) is 0 Å². The summed E-state index contributed by atoms with van der Waals surface area (Å²) < 4.78 is 0. The molecule has 0 aromatic rings. The Bertz CT molecular complexity index is 714. The first kappa shape index (κ1) is 22.4. The van der Waals surface area contributed by atoms with Crippen molar-refractivity contribution in [3.8, 4) is 0 Å². The molecule has 1 N–H and O–H groups in total. The molecule has 0 spiro atoms. The maximum absolute atomic E-state index is 10.2. The number of rotatable bonds is 5. The smallest absolute Gasteiger partial charge is 0.0727 e. The van der Waals surface area contributed by atoms with Gasteiger partial charge in [0, 0.05) is 0 Å². The molecule has 0 aromatic heterocycles. The topological polar surface area (TPSA) is 20.2 Å². The molecule has 1 heteroatoms. The Morgan fingerprint density at radius 2 is 1.80 bits per heavy atom. The molecule has 2 fully saturated rings. The zero-order valence-corrected chi connectivity index (χ0v) is 20.4. The van der Waals surface area contributed by atoms with Gasteiger partial charge in [-0.25, -0.2) is 0 Å². The van der Waals surface area contributed by atoms with Crippen LogP contribution in [0.5, 0.6) is 0 Å². The summed E-state index contributed by atoms with van der Waals surface area (Å²) in [6.45, 7) is 14.7. The molecular weight excluding hydrogens is 364 g/mol.